The largest absolute Gasteiger partial charge is 0.543 e. The Balaban J connectivity index is 3.31. The van der Waals surface area contributed by atoms with E-state index in [1.54, 1.807) is 0 Å². The van der Waals surface area contributed by atoms with Crippen LogP contribution in [-0.2, 0) is 0 Å². The van der Waals surface area contributed by atoms with Gasteiger partial charge in [-0.1, -0.05) is 0 Å². The molecule has 0 amide bonds. The van der Waals surface area contributed by atoms with Gasteiger partial charge in [-0.2, -0.15) is 5.10 Å². The van der Waals surface area contributed by atoms with Gasteiger partial charge in [0, 0.05) is 0 Å². The lowest BCUT2D eigenvalue weighted by Crippen LogP contribution is -2.23. The van der Waals surface area contributed by atoms with Gasteiger partial charge in [-0.3, -0.25) is 15.2 Å². The second-order valence-corrected chi connectivity index (χ2v) is 2.09. The number of nitro groups is 1. The molecule has 1 rings (SSSR count). The molecule has 64 valence electrons. The molecule has 0 spiro atoms. The monoisotopic (exact) mass is 170 g/mol. The number of carboxylic acids is 1. The number of hydrogen-bond donors (Lipinski definition) is 1. The molecule has 0 aliphatic heterocycles. The molecule has 1 heterocycles. The van der Waals surface area contributed by atoms with Crippen LogP contribution in [0.25, 0.3) is 0 Å². The fourth-order valence-corrected chi connectivity index (χ4v) is 0.789. The van der Waals surface area contributed by atoms with E-state index >= 15 is 0 Å². The van der Waals surface area contributed by atoms with Crippen molar-refractivity contribution in [2.24, 2.45) is 0 Å². The maximum absolute atomic E-state index is 10.3. The van der Waals surface area contributed by atoms with Crippen molar-refractivity contribution in [2.75, 3.05) is 0 Å². The molecule has 12 heavy (non-hydrogen) atoms. The molecule has 1 aromatic heterocycles. The number of nitrogens with zero attached hydrogens (tertiary/aromatic N) is 2. The van der Waals surface area contributed by atoms with Crippen molar-refractivity contribution in [1.29, 1.82) is 0 Å². The molecule has 0 saturated carbocycles. The minimum Gasteiger partial charge on any atom is -0.543 e. The lowest BCUT2D eigenvalue weighted by Gasteiger charge is -1.94. The maximum atomic E-state index is 10.3. The van der Waals surface area contributed by atoms with Crippen LogP contribution in [-0.4, -0.2) is 21.1 Å². The van der Waals surface area contributed by atoms with Gasteiger partial charge in [0.05, 0.1) is 10.9 Å². The number of carboxylic acid groups (broad SMARTS) is 1. The van der Waals surface area contributed by atoms with Gasteiger partial charge < -0.3 is 9.90 Å². The quantitative estimate of drug-likeness (QED) is 0.451. The highest BCUT2D eigenvalue weighted by atomic mass is 16.6. The summed E-state index contributed by atoms with van der Waals surface area (Å²) in [6.07, 6.45) is 0. The molecule has 0 aromatic carbocycles. The van der Waals surface area contributed by atoms with Crippen LogP contribution in [0.1, 0.15) is 16.2 Å². The van der Waals surface area contributed by atoms with Crippen LogP contribution in [0.15, 0.2) is 0 Å². The van der Waals surface area contributed by atoms with Crippen molar-refractivity contribution in [3.63, 3.8) is 0 Å². The Morgan fingerprint density at radius 2 is 2.25 bits per heavy atom. The van der Waals surface area contributed by atoms with E-state index < -0.39 is 22.3 Å². The van der Waals surface area contributed by atoms with Gasteiger partial charge in [0.2, 0.25) is 0 Å². The third-order valence-corrected chi connectivity index (χ3v) is 1.29. The second-order valence-electron chi connectivity index (χ2n) is 2.09. The molecule has 0 aliphatic rings. The Kier molecular flexibility index (Phi) is 1.78. The molecule has 7 heteroatoms. The molecule has 0 atom stereocenters. The first-order valence-electron chi connectivity index (χ1n) is 2.94. The van der Waals surface area contributed by atoms with Crippen LogP contribution < -0.4 is 5.11 Å². The SMILES string of the molecule is Cc1[nH]nc(C(=O)[O-])c1[N+](=O)[O-]. The van der Waals surface area contributed by atoms with Crippen molar-refractivity contribution in [2.45, 2.75) is 6.92 Å². The molecule has 0 fully saturated rings. The van der Waals surface area contributed by atoms with Gasteiger partial charge in [-0.25, -0.2) is 0 Å². The third-order valence-electron chi connectivity index (χ3n) is 1.29. The van der Waals surface area contributed by atoms with E-state index in [2.05, 4.69) is 10.2 Å². The number of carbonyl (C=O) groups excluding carboxylic acids is 1. The number of hydrogen-bond acceptors (Lipinski definition) is 5. The molecule has 1 N–H and O–H groups in total. The molecule has 1 aromatic rings. The summed E-state index contributed by atoms with van der Waals surface area (Å²) in [4.78, 5) is 19.7. The van der Waals surface area contributed by atoms with E-state index in [0.29, 0.717) is 0 Å². The normalized spacial score (nSPS) is 9.75. The minimum atomic E-state index is -1.66. The Morgan fingerprint density at radius 3 is 2.58 bits per heavy atom. The van der Waals surface area contributed by atoms with Gasteiger partial charge in [0.15, 0.2) is 5.69 Å². The van der Waals surface area contributed by atoms with Gasteiger partial charge in [0.1, 0.15) is 5.69 Å². The summed E-state index contributed by atoms with van der Waals surface area (Å²) in [7, 11) is 0. The van der Waals surface area contributed by atoms with Gasteiger partial charge >= 0.3 is 5.69 Å². The molecular weight excluding hydrogens is 166 g/mol. The summed E-state index contributed by atoms with van der Waals surface area (Å²) in [5, 5.41) is 25.9. The zero-order chi connectivity index (χ0) is 9.30. The Hall–Kier alpha value is -1.92. The average Bonchev–Trinajstić information content (AvgIpc) is 2.30. The number of rotatable bonds is 2. The first-order chi connectivity index (χ1) is 5.54. The lowest BCUT2D eigenvalue weighted by molar-refractivity contribution is -0.386. The third kappa shape index (κ3) is 1.11. The summed E-state index contributed by atoms with van der Waals surface area (Å²) in [5.74, 6) is -1.66. The number of aryl methyl sites for hydroxylation is 1. The second kappa shape index (κ2) is 2.61. The number of aromatic nitrogens is 2. The summed E-state index contributed by atoms with van der Waals surface area (Å²) >= 11 is 0. The van der Waals surface area contributed by atoms with Gasteiger partial charge in [-0.05, 0) is 6.92 Å². The highest BCUT2D eigenvalue weighted by molar-refractivity contribution is 5.88. The van der Waals surface area contributed by atoms with E-state index in [4.69, 9.17) is 0 Å². The van der Waals surface area contributed by atoms with E-state index in [-0.39, 0.29) is 5.69 Å². The van der Waals surface area contributed by atoms with Crippen LogP contribution in [0, 0.1) is 17.0 Å². The standard InChI is InChI=1S/C5H5N3O4/c1-2-4(8(11)12)3(5(9)10)7-6-2/h1H3,(H,6,7)(H,9,10)/p-1. The lowest BCUT2D eigenvalue weighted by atomic mass is 10.3. The van der Waals surface area contributed by atoms with Crippen LogP contribution in [0.4, 0.5) is 5.69 Å². The predicted octanol–water partition coefficient (Wildman–Crippen LogP) is -1.01. The predicted molar refractivity (Wildman–Crippen MR) is 34.3 cm³/mol. The van der Waals surface area contributed by atoms with Crippen LogP contribution in [0.2, 0.25) is 0 Å². The Labute approximate surface area is 66.2 Å². The van der Waals surface area contributed by atoms with Crippen LogP contribution in [0.3, 0.4) is 0 Å². The number of carbonyl (C=O) groups is 1. The molecular formula is C5H4N3O4-. The summed E-state index contributed by atoms with van der Waals surface area (Å²) < 4.78 is 0. The zero-order valence-corrected chi connectivity index (χ0v) is 6.03. The van der Waals surface area contributed by atoms with Crippen molar-refractivity contribution in [1.82, 2.24) is 10.2 Å². The number of aromatic carboxylic acids is 1. The summed E-state index contributed by atoms with van der Waals surface area (Å²) in [5.41, 5.74) is -1.12. The van der Waals surface area contributed by atoms with E-state index in [1.165, 1.54) is 6.92 Å². The molecule has 0 bridgehead atoms. The number of aromatic amines is 1. The molecule has 0 saturated heterocycles. The Morgan fingerprint density at radius 1 is 1.67 bits per heavy atom. The number of H-pyrrole nitrogens is 1. The first kappa shape index (κ1) is 8.18. The highest BCUT2D eigenvalue weighted by Crippen LogP contribution is 2.18. The van der Waals surface area contributed by atoms with Crippen LogP contribution in [0.5, 0.6) is 0 Å². The average molecular weight is 170 g/mol. The van der Waals surface area contributed by atoms with Crippen molar-refractivity contribution < 1.29 is 14.8 Å². The topological polar surface area (TPSA) is 112 Å². The van der Waals surface area contributed by atoms with Crippen molar-refractivity contribution >= 4 is 11.7 Å². The minimum absolute atomic E-state index is 0.0965. The van der Waals surface area contributed by atoms with E-state index in [9.17, 15) is 20.0 Å². The van der Waals surface area contributed by atoms with Gasteiger partial charge in [-0.15, -0.1) is 0 Å². The van der Waals surface area contributed by atoms with Crippen LogP contribution >= 0.6 is 0 Å². The highest BCUT2D eigenvalue weighted by Gasteiger charge is 2.21. The fourth-order valence-electron chi connectivity index (χ4n) is 0.789. The van der Waals surface area contributed by atoms with E-state index in [0.717, 1.165) is 0 Å². The number of nitrogens with one attached hydrogen (secondary N) is 1. The molecule has 0 unspecified atom stereocenters. The van der Waals surface area contributed by atoms with Crippen molar-refractivity contribution in [3.8, 4) is 0 Å². The molecule has 7 nitrogen and oxygen atoms in total. The Bertz CT molecular complexity index is 342. The molecule has 0 aliphatic carbocycles. The zero-order valence-electron chi connectivity index (χ0n) is 6.03. The smallest absolute Gasteiger partial charge is 0.318 e. The van der Waals surface area contributed by atoms with Gasteiger partial charge in [0.25, 0.3) is 0 Å². The van der Waals surface area contributed by atoms with Crippen molar-refractivity contribution in [3.05, 3.63) is 21.5 Å². The molecule has 0 radical (unpaired) electrons. The summed E-state index contributed by atoms with van der Waals surface area (Å²) in [6, 6.07) is 0. The maximum Gasteiger partial charge on any atom is 0.318 e. The first-order valence-corrected chi connectivity index (χ1v) is 2.94. The summed E-state index contributed by atoms with van der Waals surface area (Å²) in [6.45, 7) is 1.36. The van der Waals surface area contributed by atoms with E-state index in [1.807, 2.05) is 0 Å². The fraction of sp³-hybridized carbons (Fsp3) is 0.200.